The molecule has 0 aliphatic carbocycles. The van der Waals surface area contributed by atoms with Crippen molar-refractivity contribution in [3.8, 4) is 5.69 Å². The zero-order valence-corrected chi connectivity index (χ0v) is 12.2. The predicted molar refractivity (Wildman–Crippen MR) is 82.7 cm³/mol. The molecule has 0 aliphatic heterocycles. The third-order valence-corrected chi connectivity index (χ3v) is 3.20. The number of anilines is 1. The Balaban J connectivity index is 1.82. The third kappa shape index (κ3) is 3.20. The fraction of sp³-hybridized carbons (Fsp3) is 0.133. The van der Waals surface area contributed by atoms with E-state index in [4.69, 9.17) is 11.6 Å². The maximum absolute atomic E-state index is 5.87. The zero-order chi connectivity index (χ0) is 14.7. The molecule has 0 spiro atoms. The summed E-state index contributed by atoms with van der Waals surface area (Å²) in [5, 5.41) is 7.79. The fourth-order valence-corrected chi connectivity index (χ4v) is 2.33. The Labute approximate surface area is 127 Å². The molecule has 1 aromatic carbocycles. The van der Waals surface area contributed by atoms with Crippen molar-refractivity contribution in [3.05, 3.63) is 65.3 Å². The fourth-order valence-electron chi connectivity index (χ4n) is 2.10. The largest absolute Gasteiger partial charge is 0.366 e. The highest BCUT2D eigenvalue weighted by molar-refractivity contribution is 6.28. The van der Waals surface area contributed by atoms with E-state index in [1.54, 1.807) is 6.20 Å². The standard InChI is InChI=1S/C15H14ClN5/c1-11-9-14(20-15(16)19-11)17-10-12-5-2-3-6-13(12)21-8-4-7-18-21/h2-9H,10H2,1H3,(H,17,19,20). The summed E-state index contributed by atoms with van der Waals surface area (Å²) in [5.41, 5.74) is 2.98. The first-order valence-corrected chi connectivity index (χ1v) is 6.93. The van der Waals surface area contributed by atoms with Gasteiger partial charge in [-0.25, -0.2) is 14.6 Å². The minimum atomic E-state index is 0.248. The van der Waals surface area contributed by atoms with Crippen LogP contribution in [-0.2, 0) is 6.54 Å². The van der Waals surface area contributed by atoms with Gasteiger partial charge in [0, 0.05) is 30.7 Å². The maximum atomic E-state index is 5.87. The molecule has 0 amide bonds. The van der Waals surface area contributed by atoms with Crippen molar-refractivity contribution in [1.29, 1.82) is 0 Å². The highest BCUT2D eigenvalue weighted by Crippen LogP contribution is 2.16. The third-order valence-electron chi connectivity index (χ3n) is 3.03. The normalized spacial score (nSPS) is 10.6. The Morgan fingerprint density at radius 3 is 2.81 bits per heavy atom. The van der Waals surface area contributed by atoms with E-state index in [0.29, 0.717) is 12.4 Å². The average Bonchev–Trinajstić information content (AvgIpc) is 2.98. The molecule has 0 aliphatic rings. The van der Waals surface area contributed by atoms with Crippen molar-refractivity contribution in [2.24, 2.45) is 0 Å². The lowest BCUT2D eigenvalue weighted by Gasteiger charge is -2.11. The summed E-state index contributed by atoms with van der Waals surface area (Å²) < 4.78 is 1.84. The number of nitrogens with one attached hydrogen (secondary N) is 1. The molecule has 0 bridgehead atoms. The number of para-hydroxylation sites is 1. The second kappa shape index (κ2) is 5.93. The molecule has 3 rings (SSSR count). The second-order valence-corrected chi connectivity index (χ2v) is 4.93. The Bertz CT molecular complexity index is 719. The Kier molecular flexibility index (Phi) is 3.83. The first kappa shape index (κ1) is 13.6. The van der Waals surface area contributed by atoms with Crippen molar-refractivity contribution in [2.45, 2.75) is 13.5 Å². The molecule has 5 nitrogen and oxygen atoms in total. The van der Waals surface area contributed by atoms with E-state index >= 15 is 0 Å². The van der Waals surface area contributed by atoms with Gasteiger partial charge in [-0.3, -0.25) is 0 Å². The van der Waals surface area contributed by atoms with Crippen LogP contribution in [0.5, 0.6) is 0 Å². The smallest absolute Gasteiger partial charge is 0.224 e. The molecule has 0 atom stereocenters. The molecule has 0 saturated carbocycles. The van der Waals surface area contributed by atoms with Gasteiger partial charge in [-0.05, 0) is 36.2 Å². The van der Waals surface area contributed by atoms with Crippen LogP contribution in [0.3, 0.4) is 0 Å². The Morgan fingerprint density at radius 2 is 2.05 bits per heavy atom. The molecule has 6 heteroatoms. The van der Waals surface area contributed by atoms with Crippen molar-refractivity contribution < 1.29 is 0 Å². The van der Waals surface area contributed by atoms with Crippen LogP contribution in [-0.4, -0.2) is 19.7 Å². The van der Waals surface area contributed by atoms with Crippen LogP contribution in [0.2, 0.25) is 5.28 Å². The first-order valence-electron chi connectivity index (χ1n) is 6.55. The van der Waals surface area contributed by atoms with Gasteiger partial charge < -0.3 is 5.32 Å². The molecule has 0 radical (unpaired) electrons. The lowest BCUT2D eigenvalue weighted by atomic mass is 10.2. The Hall–Kier alpha value is -2.40. The number of aryl methyl sites for hydroxylation is 1. The van der Waals surface area contributed by atoms with Gasteiger partial charge in [0.2, 0.25) is 5.28 Å². The van der Waals surface area contributed by atoms with Crippen LogP contribution in [0.4, 0.5) is 5.82 Å². The van der Waals surface area contributed by atoms with Gasteiger partial charge >= 0.3 is 0 Å². The van der Waals surface area contributed by atoms with Crippen LogP contribution in [0, 0.1) is 6.92 Å². The van der Waals surface area contributed by atoms with E-state index in [2.05, 4.69) is 26.4 Å². The van der Waals surface area contributed by atoms with Gasteiger partial charge in [0.1, 0.15) is 5.82 Å². The molecular weight excluding hydrogens is 286 g/mol. The Morgan fingerprint density at radius 1 is 1.19 bits per heavy atom. The summed E-state index contributed by atoms with van der Waals surface area (Å²) in [5.74, 6) is 0.711. The monoisotopic (exact) mass is 299 g/mol. The number of hydrogen-bond donors (Lipinski definition) is 1. The van der Waals surface area contributed by atoms with Crippen LogP contribution in [0.15, 0.2) is 48.8 Å². The predicted octanol–water partition coefficient (Wildman–Crippen LogP) is 3.24. The van der Waals surface area contributed by atoms with Crippen molar-refractivity contribution in [1.82, 2.24) is 19.7 Å². The van der Waals surface area contributed by atoms with E-state index in [0.717, 1.165) is 16.9 Å². The van der Waals surface area contributed by atoms with E-state index < -0.39 is 0 Å². The van der Waals surface area contributed by atoms with Crippen molar-refractivity contribution >= 4 is 17.4 Å². The minimum Gasteiger partial charge on any atom is -0.366 e. The SMILES string of the molecule is Cc1cc(NCc2ccccc2-n2cccn2)nc(Cl)n1. The second-order valence-electron chi connectivity index (χ2n) is 4.60. The molecule has 2 heterocycles. The van der Waals surface area contributed by atoms with Gasteiger partial charge in [-0.2, -0.15) is 5.10 Å². The summed E-state index contributed by atoms with van der Waals surface area (Å²) in [6, 6.07) is 11.8. The highest BCUT2D eigenvalue weighted by atomic mass is 35.5. The molecule has 0 fully saturated rings. The summed E-state index contributed by atoms with van der Waals surface area (Å²) >= 11 is 5.87. The number of benzene rings is 1. The van der Waals surface area contributed by atoms with E-state index in [9.17, 15) is 0 Å². The molecule has 0 unspecified atom stereocenters. The highest BCUT2D eigenvalue weighted by Gasteiger charge is 2.05. The number of aromatic nitrogens is 4. The first-order chi connectivity index (χ1) is 10.2. The number of rotatable bonds is 4. The summed E-state index contributed by atoms with van der Waals surface area (Å²) in [6.07, 6.45) is 3.68. The summed E-state index contributed by atoms with van der Waals surface area (Å²) in [7, 11) is 0. The molecule has 0 saturated heterocycles. The lowest BCUT2D eigenvalue weighted by Crippen LogP contribution is -2.07. The van der Waals surface area contributed by atoms with E-state index in [-0.39, 0.29) is 5.28 Å². The van der Waals surface area contributed by atoms with Gasteiger partial charge in [-0.1, -0.05) is 18.2 Å². The zero-order valence-electron chi connectivity index (χ0n) is 11.5. The van der Waals surface area contributed by atoms with Crippen molar-refractivity contribution in [2.75, 3.05) is 5.32 Å². The van der Waals surface area contributed by atoms with Crippen LogP contribution < -0.4 is 5.32 Å². The number of nitrogens with zero attached hydrogens (tertiary/aromatic N) is 4. The van der Waals surface area contributed by atoms with E-state index in [1.807, 2.05) is 48.1 Å². The van der Waals surface area contributed by atoms with Gasteiger partial charge in [0.25, 0.3) is 0 Å². The van der Waals surface area contributed by atoms with Crippen molar-refractivity contribution in [3.63, 3.8) is 0 Å². The number of halogens is 1. The van der Waals surface area contributed by atoms with Crippen LogP contribution in [0.1, 0.15) is 11.3 Å². The average molecular weight is 300 g/mol. The van der Waals surface area contributed by atoms with Gasteiger partial charge in [0.15, 0.2) is 0 Å². The molecular formula is C15H14ClN5. The lowest BCUT2D eigenvalue weighted by molar-refractivity contribution is 0.863. The maximum Gasteiger partial charge on any atom is 0.224 e. The molecule has 1 N–H and O–H groups in total. The molecule has 3 aromatic rings. The summed E-state index contributed by atoms with van der Waals surface area (Å²) in [6.45, 7) is 2.51. The summed E-state index contributed by atoms with van der Waals surface area (Å²) in [4.78, 5) is 8.21. The molecule has 2 aromatic heterocycles. The number of hydrogen-bond acceptors (Lipinski definition) is 4. The minimum absolute atomic E-state index is 0.248. The topological polar surface area (TPSA) is 55.6 Å². The van der Waals surface area contributed by atoms with Crippen LogP contribution in [0.25, 0.3) is 5.69 Å². The molecule has 21 heavy (non-hydrogen) atoms. The van der Waals surface area contributed by atoms with Crippen LogP contribution >= 0.6 is 11.6 Å². The van der Waals surface area contributed by atoms with Gasteiger partial charge in [0.05, 0.1) is 5.69 Å². The quantitative estimate of drug-likeness (QED) is 0.751. The molecule has 106 valence electrons. The van der Waals surface area contributed by atoms with Gasteiger partial charge in [-0.15, -0.1) is 0 Å². The van der Waals surface area contributed by atoms with E-state index in [1.165, 1.54) is 0 Å².